The molecule has 0 bridgehead atoms. The molecular weight excluding hydrogens is 78.0 g/mol. The van der Waals surface area contributed by atoms with Crippen molar-refractivity contribution < 1.29 is 4.74 Å². The average Bonchev–Trinajstić information content (AvgIpc) is 1.72. The number of rotatable bonds is 0. The van der Waals surface area contributed by atoms with Gasteiger partial charge in [0.2, 0.25) is 0 Å². The summed E-state index contributed by atoms with van der Waals surface area (Å²) >= 11 is 0. The molecule has 6 heavy (non-hydrogen) atoms. The molecule has 0 N–H and O–H groups in total. The van der Waals surface area contributed by atoms with E-state index in [0.717, 1.165) is 13.2 Å². The summed E-state index contributed by atoms with van der Waals surface area (Å²) in [5.74, 6) is 0. The predicted molar refractivity (Wildman–Crippen MR) is 22.1 cm³/mol. The summed E-state index contributed by atoms with van der Waals surface area (Å²) in [6.45, 7) is 1.56. The number of hydrogen-bond acceptors (Lipinski definition) is 1. The first-order valence-corrected chi connectivity index (χ1v) is 1.93. The summed E-state index contributed by atoms with van der Waals surface area (Å²) in [5, 5.41) is 3.87. The highest BCUT2D eigenvalue weighted by molar-refractivity contribution is 4.73. The topological polar surface area (TPSA) is 23.3 Å². The van der Waals surface area contributed by atoms with Crippen molar-refractivity contribution in [3.8, 4) is 0 Å². The fourth-order valence-corrected chi connectivity index (χ4v) is 0.334. The van der Waals surface area contributed by atoms with E-state index in [2.05, 4.69) is 5.32 Å². The van der Waals surface area contributed by atoms with Crippen LogP contribution >= 0.6 is 0 Å². The van der Waals surface area contributed by atoms with Gasteiger partial charge in [0, 0.05) is 0 Å². The standard InChI is InChI=1S/C4H6NO/c1-3-6-4-2-5-1/h1,3H,2,4H2. The average molecular weight is 84.1 g/mol. The Morgan fingerprint density at radius 1 is 1.67 bits per heavy atom. The highest BCUT2D eigenvalue weighted by Gasteiger charge is 1.86. The maximum absolute atomic E-state index is 4.80. The van der Waals surface area contributed by atoms with E-state index in [-0.39, 0.29) is 0 Å². The molecule has 0 saturated heterocycles. The van der Waals surface area contributed by atoms with Crippen molar-refractivity contribution in [2.75, 3.05) is 13.2 Å². The van der Waals surface area contributed by atoms with Crippen LogP contribution in [0.2, 0.25) is 0 Å². The molecule has 0 amide bonds. The summed E-state index contributed by atoms with van der Waals surface area (Å²) in [4.78, 5) is 0. The van der Waals surface area contributed by atoms with Gasteiger partial charge in [0.1, 0.15) is 12.9 Å². The Hall–Kier alpha value is -0.660. The van der Waals surface area contributed by atoms with Crippen LogP contribution in [0.25, 0.3) is 0 Å². The monoisotopic (exact) mass is 84.0 g/mol. The van der Waals surface area contributed by atoms with Crippen LogP contribution in [-0.2, 0) is 4.74 Å². The van der Waals surface area contributed by atoms with Crippen molar-refractivity contribution in [3.05, 3.63) is 12.5 Å². The predicted octanol–water partition coefficient (Wildman–Crippen LogP) is 0.0922. The lowest BCUT2D eigenvalue weighted by Crippen LogP contribution is -2.09. The molecule has 0 spiro atoms. The van der Waals surface area contributed by atoms with Crippen LogP contribution in [0.4, 0.5) is 0 Å². The second-order valence-electron chi connectivity index (χ2n) is 1.06. The molecule has 1 heterocycles. The molecule has 1 aliphatic heterocycles. The number of hydrogen-bond donors (Lipinski definition) is 0. The minimum absolute atomic E-state index is 0.747. The van der Waals surface area contributed by atoms with Crippen molar-refractivity contribution in [1.82, 2.24) is 5.32 Å². The summed E-state index contributed by atoms with van der Waals surface area (Å²) in [5.41, 5.74) is 0. The Morgan fingerprint density at radius 2 is 2.67 bits per heavy atom. The zero-order valence-electron chi connectivity index (χ0n) is 3.42. The van der Waals surface area contributed by atoms with Crippen LogP contribution in [-0.4, -0.2) is 13.2 Å². The molecule has 0 atom stereocenters. The van der Waals surface area contributed by atoms with Gasteiger partial charge in [-0.25, -0.2) is 0 Å². The van der Waals surface area contributed by atoms with Crippen LogP contribution < -0.4 is 5.32 Å². The Morgan fingerprint density at radius 3 is 2.83 bits per heavy atom. The Labute approximate surface area is 36.8 Å². The number of ether oxygens (including phenoxy) is 1. The molecule has 2 nitrogen and oxygen atoms in total. The van der Waals surface area contributed by atoms with E-state index in [0.29, 0.717) is 0 Å². The highest BCUT2D eigenvalue weighted by Crippen LogP contribution is 1.81. The van der Waals surface area contributed by atoms with Crippen LogP contribution in [0, 0.1) is 0 Å². The van der Waals surface area contributed by atoms with Crippen LogP contribution in [0.15, 0.2) is 12.5 Å². The molecule has 0 aromatic carbocycles. The van der Waals surface area contributed by atoms with Crippen molar-refractivity contribution in [2.45, 2.75) is 0 Å². The van der Waals surface area contributed by atoms with Crippen LogP contribution in [0.3, 0.4) is 0 Å². The van der Waals surface area contributed by atoms with E-state index >= 15 is 0 Å². The molecule has 1 aliphatic rings. The fraction of sp³-hybridized carbons (Fsp3) is 0.500. The summed E-state index contributed by atoms with van der Waals surface area (Å²) in [6, 6.07) is 0. The molecule has 0 aliphatic carbocycles. The molecule has 0 fully saturated rings. The van der Waals surface area contributed by atoms with Crippen molar-refractivity contribution in [3.63, 3.8) is 0 Å². The van der Waals surface area contributed by atoms with Gasteiger partial charge in [0.05, 0.1) is 12.7 Å². The second-order valence-corrected chi connectivity index (χ2v) is 1.06. The molecule has 33 valence electrons. The van der Waals surface area contributed by atoms with Gasteiger partial charge in [0.15, 0.2) is 0 Å². The van der Waals surface area contributed by atoms with E-state index in [1.165, 1.54) is 0 Å². The van der Waals surface area contributed by atoms with Crippen molar-refractivity contribution >= 4 is 0 Å². The SMILES string of the molecule is C1=COCC[N]1. The molecule has 0 unspecified atom stereocenters. The fourth-order valence-electron chi connectivity index (χ4n) is 0.334. The third-order valence-corrected chi connectivity index (χ3v) is 0.601. The van der Waals surface area contributed by atoms with E-state index < -0.39 is 0 Å². The first-order chi connectivity index (χ1) is 3.00. The maximum atomic E-state index is 4.80. The Balaban J connectivity index is 2.26. The minimum atomic E-state index is 0.747. The van der Waals surface area contributed by atoms with Crippen molar-refractivity contribution in [2.24, 2.45) is 0 Å². The molecule has 1 radical (unpaired) electrons. The summed E-state index contributed by atoms with van der Waals surface area (Å²) < 4.78 is 4.80. The van der Waals surface area contributed by atoms with E-state index in [1.807, 2.05) is 0 Å². The quantitative estimate of drug-likeness (QED) is 0.408. The first kappa shape index (κ1) is 3.53. The Kier molecular flexibility index (Phi) is 0.998. The van der Waals surface area contributed by atoms with Gasteiger partial charge in [-0.1, -0.05) is 0 Å². The summed E-state index contributed by atoms with van der Waals surface area (Å²) in [7, 11) is 0. The largest absolute Gasteiger partial charge is 0.498 e. The molecule has 1 rings (SSSR count). The van der Waals surface area contributed by atoms with E-state index in [4.69, 9.17) is 4.74 Å². The van der Waals surface area contributed by atoms with Crippen LogP contribution in [0.5, 0.6) is 0 Å². The first-order valence-electron chi connectivity index (χ1n) is 1.93. The van der Waals surface area contributed by atoms with Gasteiger partial charge in [-0.3, -0.25) is 5.32 Å². The van der Waals surface area contributed by atoms with Gasteiger partial charge >= 0.3 is 0 Å². The third-order valence-electron chi connectivity index (χ3n) is 0.601. The lowest BCUT2D eigenvalue weighted by molar-refractivity contribution is 0.235. The normalized spacial score (nSPS) is 18.7. The molecule has 2 heteroatoms. The maximum Gasteiger partial charge on any atom is 0.107 e. The smallest absolute Gasteiger partial charge is 0.107 e. The molecule has 0 saturated carbocycles. The van der Waals surface area contributed by atoms with Gasteiger partial charge < -0.3 is 4.74 Å². The summed E-state index contributed by atoms with van der Waals surface area (Å²) in [6.07, 6.45) is 3.27. The zero-order valence-corrected chi connectivity index (χ0v) is 3.42. The molecule has 0 aromatic rings. The van der Waals surface area contributed by atoms with E-state index in [1.54, 1.807) is 12.5 Å². The molecular formula is C4H6NO. The van der Waals surface area contributed by atoms with Gasteiger partial charge in [-0.2, -0.15) is 0 Å². The number of nitrogens with zero attached hydrogens (tertiary/aromatic N) is 1. The van der Waals surface area contributed by atoms with Crippen molar-refractivity contribution in [1.29, 1.82) is 0 Å². The Bertz CT molecular complexity index is 52.6. The highest BCUT2D eigenvalue weighted by atomic mass is 16.5. The second kappa shape index (κ2) is 1.70. The lowest BCUT2D eigenvalue weighted by atomic mass is 10.6. The molecule has 0 aromatic heterocycles. The third kappa shape index (κ3) is 0.641. The lowest BCUT2D eigenvalue weighted by Gasteiger charge is -2.02. The van der Waals surface area contributed by atoms with Gasteiger partial charge in [0.25, 0.3) is 0 Å². The van der Waals surface area contributed by atoms with Crippen LogP contribution in [0.1, 0.15) is 0 Å². The van der Waals surface area contributed by atoms with Gasteiger partial charge in [-0.15, -0.1) is 0 Å². The minimum Gasteiger partial charge on any atom is -0.498 e. The van der Waals surface area contributed by atoms with E-state index in [9.17, 15) is 0 Å². The van der Waals surface area contributed by atoms with Gasteiger partial charge in [-0.05, 0) is 0 Å². The zero-order chi connectivity index (χ0) is 4.24.